The van der Waals surface area contributed by atoms with Crippen LogP contribution in [0.2, 0.25) is 0 Å². The van der Waals surface area contributed by atoms with Gasteiger partial charge in [0.25, 0.3) is 10.0 Å². The average Bonchev–Trinajstić information content (AvgIpc) is 2.73. The van der Waals surface area contributed by atoms with Gasteiger partial charge in [0, 0.05) is 24.7 Å². The minimum atomic E-state index is -3.77. The molecule has 0 saturated heterocycles. The number of hydrogen-bond acceptors (Lipinski definition) is 3. The highest BCUT2D eigenvalue weighted by Crippen LogP contribution is 2.32. The highest BCUT2D eigenvalue weighted by Gasteiger charge is 2.23. The summed E-state index contributed by atoms with van der Waals surface area (Å²) in [6.07, 6.45) is 1.57. The average molecular weight is 407 g/mol. The minimum absolute atomic E-state index is 0.0310. The van der Waals surface area contributed by atoms with E-state index in [0.29, 0.717) is 12.2 Å². The maximum Gasteiger partial charge on any atom is 0.261 e. The van der Waals surface area contributed by atoms with Gasteiger partial charge >= 0.3 is 0 Å². The standard InChI is InChI=1S/C23H22N2O3S/c1-17(26)25-15-7-10-19-16-20(13-14-23(19)25)29(27,28)24-22-12-6-5-11-21(22)18-8-3-2-4-9-18/h2-6,8-9,11-14,16,24H,7,10,15H2,1H3. The van der Waals surface area contributed by atoms with E-state index in [9.17, 15) is 13.2 Å². The third-order valence-electron chi connectivity index (χ3n) is 5.12. The smallest absolute Gasteiger partial charge is 0.261 e. The zero-order valence-corrected chi connectivity index (χ0v) is 16.9. The molecule has 0 atom stereocenters. The number of sulfonamides is 1. The number of hydrogen-bond donors (Lipinski definition) is 1. The maximum atomic E-state index is 13.1. The molecule has 1 aliphatic heterocycles. The van der Waals surface area contributed by atoms with Crippen LogP contribution < -0.4 is 9.62 Å². The molecule has 0 fully saturated rings. The molecule has 0 aliphatic carbocycles. The molecular formula is C23H22N2O3S. The number of nitrogens with one attached hydrogen (secondary N) is 1. The first-order chi connectivity index (χ1) is 14.0. The Morgan fingerprint density at radius 2 is 1.69 bits per heavy atom. The highest BCUT2D eigenvalue weighted by molar-refractivity contribution is 7.92. The first-order valence-corrected chi connectivity index (χ1v) is 11.0. The molecule has 29 heavy (non-hydrogen) atoms. The first kappa shape index (κ1) is 19.2. The lowest BCUT2D eigenvalue weighted by Crippen LogP contribution is -2.33. The van der Waals surface area contributed by atoms with Crippen molar-refractivity contribution in [2.45, 2.75) is 24.7 Å². The number of aryl methyl sites for hydroxylation is 1. The second-order valence-corrected chi connectivity index (χ2v) is 8.76. The van der Waals surface area contributed by atoms with Crippen molar-refractivity contribution in [3.63, 3.8) is 0 Å². The number of nitrogens with zero attached hydrogens (tertiary/aromatic N) is 1. The van der Waals surface area contributed by atoms with Crippen molar-refractivity contribution in [3.05, 3.63) is 78.4 Å². The van der Waals surface area contributed by atoms with Crippen molar-refractivity contribution >= 4 is 27.3 Å². The van der Waals surface area contributed by atoms with Crippen molar-refractivity contribution in [2.75, 3.05) is 16.2 Å². The normalized spacial score (nSPS) is 13.6. The lowest BCUT2D eigenvalue weighted by atomic mass is 10.0. The molecule has 3 aromatic carbocycles. The Morgan fingerprint density at radius 3 is 2.45 bits per heavy atom. The second kappa shape index (κ2) is 7.72. The molecule has 5 nitrogen and oxygen atoms in total. The summed E-state index contributed by atoms with van der Waals surface area (Å²) in [5, 5.41) is 0. The molecule has 3 aromatic rings. The van der Waals surface area contributed by atoms with E-state index in [2.05, 4.69) is 4.72 Å². The summed E-state index contributed by atoms with van der Waals surface area (Å²) in [5.41, 5.74) is 3.96. The monoisotopic (exact) mass is 406 g/mol. The molecule has 4 rings (SSSR count). The van der Waals surface area contributed by atoms with Gasteiger partial charge in [-0.25, -0.2) is 8.42 Å². The van der Waals surface area contributed by atoms with Crippen molar-refractivity contribution in [1.29, 1.82) is 0 Å². The number of rotatable bonds is 4. The van der Waals surface area contributed by atoms with E-state index in [1.165, 1.54) is 6.92 Å². The Labute approximate surface area is 171 Å². The SMILES string of the molecule is CC(=O)N1CCCc2cc(S(=O)(=O)Nc3ccccc3-c3ccccc3)ccc21. The first-order valence-electron chi connectivity index (χ1n) is 9.54. The van der Waals surface area contributed by atoms with E-state index < -0.39 is 10.0 Å². The molecule has 1 aliphatic rings. The van der Waals surface area contributed by atoms with Gasteiger partial charge in [-0.2, -0.15) is 0 Å². The summed E-state index contributed by atoms with van der Waals surface area (Å²) in [4.78, 5) is 13.8. The summed E-state index contributed by atoms with van der Waals surface area (Å²) in [5.74, 6) is -0.0310. The third-order valence-corrected chi connectivity index (χ3v) is 6.48. The molecule has 0 radical (unpaired) electrons. The molecule has 0 bridgehead atoms. The summed E-state index contributed by atoms with van der Waals surface area (Å²) >= 11 is 0. The number of anilines is 2. The van der Waals surface area contributed by atoms with Crippen LogP contribution in [0, 0.1) is 0 Å². The fourth-order valence-corrected chi connectivity index (χ4v) is 4.84. The van der Waals surface area contributed by atoms with Crippen molar-refractivity contribution in [2.24, 2.45) is 0 Å². The third kappa shape index (κ3) is 3.89. The molecule has 0 aromatic heterocycles. The van der Waals surface area contributed by atoms with Crippen LogP contribution in [0.4, 0.5) is 11.4 Å². The van der Waals surface area contributed by atoms with E-state index in [1.807, 2.05) is 48.5 Å². The topological polar surface area (TPSA) is 66.5 Å². The lowest BCUT2D eigenvalue weighted by molar-refractivity contribution is -0.116. The van der Waals surface area contributed by atoms with Gasteiger partial charge in [-0.05, 0) is 48.2 Å². The van der Waals surface area contributed by atoms with Gasteiger partial charge in [0.1, 0.15) is 0 Å². The molecule has 0 saturated carbocycles. The Bertz CT molecular complexity index is 1160. The van der Waals surface area contributed by atoms with Crippen LogP contribution in [0.25, 0.3) is 11.1 Å². The van der Waals surface area contributed by atoms with Gasteiger partial charge in [0.2, 0.25) is 5.91 Å². The van der Waals surface area contributed by atoms with Gasteiger partial charge in [0.15, 0.2) is 0 Å². The summed E-state index contributed by atoms with van der Waals surface area (Å²) < 4.78 is 28.9. The van der Waals surface area contributed by atoms with Crippen molar-refractivity contribution in [3.8, 4) is 11.1 Å². The second-order valence-electron chi connectivity index (χ2n) is 7.08. The molecule has 1 N–H and O–H groups in total. The van der Waals surface area contributed by atoms with Crippen LogP contribution in [-0.4, -0.2) is 20.9 Å². The molecule has 6 heteroatoms. The van der Waals surface area contributed by atoms with Crippen LogP contribution in [0.1, 0.15) is 18.9 Å². The van der Waals surface area contributed by atoms with E-state index in [1.54, 1.807) is 29.2 Å². The van der Waals surface area contributed by atoms with E-state index in [4.69, 9.17) is 0 Å². The Hall–Kier alpha value is -3.12. The van der Waals surface area contributed by atoms with Gasteiger partial charge < -0.3 is 4.90 Å². The van der Waals surface area contributed by atoms with Crippen LogP contribution in [0.15, 0.2) is 77.7 Å². The van der Waals surface area contributed by atoms with Gasteiger partial charge in [-0.3, -0.25) is 9.52 Å². The number of amides is 1. The van der Waals surface area contributed by atoms with E-state index in [0.717, 1.165) is 35.2 Å². The number of fused-ring (bicyclic) bond motifs is 1. The van der Waals surface area contributed by atoms with Crippen molar-refractivity contribution in [1.82, 2.24) is 0 Å². The Morgan fingerprint density at radius 1 is 0.966 bits per heavy atom. The van der Waals surface area contributed by atoms with Crippen LogP contribution in [-0.2, 0) is 21.2 Å². The quantitative estimate of drug-likeness (QED) is 0.696. The lowest BCUT2D eigenvalue weighted by Gasteiger charge is -2.28. The zero-order chi connectivity index (χ0) is 20.4. The fourth-order valence-electron chi connectivity index (χ4n) is 3.71. The number of carbonyl (C=O) groups excluding carboxylic acids is 1. The number of carbonyl (C=O) groups is 1. The maximum absolute atomic E-state index is 13.1. The molecule has 1 amide bonds. The molecular weight excluding hydrogens is 384 g/mol. The van der Waals surface area contributed by atoms with Gasteiger partial charge in [-0.1, -0.05) is 48.5 Å². The molecule has 1 heterocycles. The number of para-hydroxylation sites is 1. The summed E-state index contributed by atoms with van der Waals surface area (Å²) in [7, 11) is -3.77. The number of benzene rings is 3. The van der Waals surface area contributed by atoms with Crippen LogP contribution >= 0.6 is 0 Å². The van der Waals surface area contributed by atoms with Crippen LogP contribution in [0.5, 0.6) is 0 Å². The minimum Gasteiger partial charge on any atom is -0.312 e. The largest absolute Gasteiger partial charge is 0.312 e. The Kier molecular flexibility index (Phi) is 5.11. The predicted octanol–water partition coefficient (Wildman–Crippen LogP) is 4.45. The van der Waals surface area contributed by atoms with E-state index in [-0.39, 0.29) is 10.8 Å². The summed E-state index contributed by atoms with van der Waals surface area (Å²) in [6.45, 7) is 2.19. The zero-order valence-electron chi connectivity index (χ0n) is 16.1. The predicted molar refractivity (Wildman–Crippen MR) is 115 cm³/mol. The van der Waals surface area contributed by atoms with Crippen molar-refractivity contribution < 1.29 is 13.2 Å². The van der Waals surface area contributed by atoms with Crippen LogP contribution in [0.3, 0.4) is 0 Å². The van der Waals surface area contributed by atoms with Gasteiger partial charge in [-0.15, -0.1) is 0 Å². The molecule has 0 unspecified atom stereocenters. The summed E-state index contributed by atoms with van der Waals surface area (Å²) in [6, 6.07) is 22.0. The Balaban J connectivity index is 1.69. The van der Waals surface area contributed by atoms with Gasteiger partial charge in [0.05, 0.1) is 10.6 Å². The molecule has 148 valence electrons. The highest BCUT2D eigenvalue weighted by atomic mass is 32.2. The fraction of sp³-hybridized carbons (Fsp3) is 0.174. The van der Waals surface area contributed by atoms with E-state index >= 15 is 0 Å². The molecule has 0 spiro atoms.